The molecule has 0 radical (unpaired) electrons. The summed E-state index contributed by atoms with van der Waals surface area (Å²) in [6.45, 7) is 6.84. The van der Waals surface area contributed by atoms with Crippen molar-refractivity contribution in [3.8, 4) is 0 Å². The molecular formula is C19H32N6O5. The third-order valence-corrected chi connectivity index (χ3v) is 4.84. The molecule has 7 N–H and O–H groups in total. The maximum atomic E-state index is 12.5. The van der Waals surface area contributed by atoms with Crippen LogP contribution in [0.2, 0.25) is 0 Å². The second-order valence-corrected chi connectivity index (χ2v) is 7.60. The van der Waals surface area contributed by atoms with E-state index >= 15 is 0 Å². The number of rotatable bonds is 12. The summed E-state index contributed by atoms with van der Waals surface area (Å²) < 4.78 is 0. The number of aromatic nitrogens is 2. The molecule has 30 heavy (non-hydrogen) atoms. The highest BCUT2D eigenvalue weighted by atomic mass is 16.4. The molecule has 4 atom stereocenters. The number of imidazole rings is 1. The molecule has 0 saturated heterocycles. The first-order valence-corrected chi connectivity index (χ1v) is 9.89. The van der Waals surface area contributed by atoms with Gasteiger partial charge in [-0.1, -0.05) is 34.1 Å². The van der Waals surface area contributed by atoms with E-state index in [-0.39, 0.29) is 18.3 Å². The predicted octanol–water partition coefficient (Wildman–Crippen LogP) is -0.848. The first kappa shape index (κ1) is 25.1. The lowest BCUT2D eigenvalue weighted by molar-refractivity contribution is -0.141. The van der Waals surface area contributed by atoms with Gasteiger partial charge < -0.3 is 31.8 Å². The summed E-state index contributed by atoms with van der Waals surface area (Å²) in [5.41, 5.74) is 6.46. The Bertz CT molecular complexity index is 721. The highest BCUT2D eigenvalue weighted by Crippen LogP contribution is 2.08. The average Bonchev–Trinajstić information content (AvgIpc) is 3.21. The van der Waals surface area contributed by atoms with Crippen molar-refractivity contribution in [3.05, 3.63) is 18.2 Å². The van der Waals surface area contributed by atoms with E-state index in [1.165, 1.54) is 12.5 Å². The fourth-order valence-corrected chi connectivity index (χ4v) is 2.64. The number of nitrogens with one attached hydrogen (secondary N) is 4. The molecular weight excluding hydrogens is 392 g/mol. The number of amides is 3. The highest BCUT2D eigenvalue weighted by Gasteiger charge is 2.29. The number of carboxylic acids is 1. The van der Waals surface area contributed by atoms with Crippen LogP contribution in [0.25, 0.3) is 0 Å². The number of hydrogen-bond acceptors (Lipinski definition) is 6. The summed E-state index contributed by atoms with van der Waals surface area (Å²) in [6.07, 6.45) is 3.61. The first-order valence-electron chi connectivity index (χ1n) is 9.89. The second-order valence-electron chi connectivity index (χ2n) is 7.60. The second kappa shape index (κ2) is 11.9. The smallest absolute Gasteiger partial charge is 0.326 e. The molecule has 0 bridgehead atoms. The van der Waals surface area contributed by atoms with E-state index in [1.807, 2.05) is 13.8 Å². The van der Waals surface area contributed by atoms with E-state index in [2.05, 4.69) is 25.9 Å². The van der Waals surface area contributed by atoms with Gasteiger partial charge >= 0.3 is 5.97 Å². The Morgan fingerprint density at radius 1 is 1.17 bits per heavy atom. The number of nitrogens with two attached hydrogens (primary N) is 1. The van der Waals surface area contributed by atoms with Crippen LogP contribution >= 0.6 is 0 Å². The number of carboxylic acid groups (broad SMARTS) is 1. The van der Waals surface area contributed by atoms with Crippen LogP contribution in [0, 0.1) is 11.8 Å². The molecule has 1 heterocycles. The number of nitrogens with zero attached hydrogens (tertiary/aromatic N) is 1. The first-order chi connectivity index (χ1) is 14.1. The van der Waals surface area contributed by atoms with Crippen molar-refractivity contribution in [2.45, 2.75) is 58.7 Å². The lowest BCUT2D eigenvalue weighted by atomic mass is 9.97. The van der Waals surface area contributed by atoms with Gasteiger partial charge in [-0.25, -0.2) is 9.78 Å². The minimum absolute atomic E-state index is 0.0210. The van der Waals surface area contributed by atoms with Gasteiger partial charge in [-0.05, 0) is 11.8 Å². The molecule has 0 aliphatic carbocycles. The monoisotopic (exact) mass is 424 g/mol. The Balaban J connectivity index is 2.62. The Kier molecular flexibility index (Phi) is 9.96. The topological polar surface area (TPSA) is 179 Å². The maximum absolute atomic E-state index is 12.5. The summed E-state index contributed by atoms with van der Waals surface area (Å²) >= 11 is 0. The number of hydrogen-bond donors (Lipinski definition) is 6. The van der Waals surface area contributed by atoms with Gasteiger partial charge in [-0.15, -0.1) is 0 Å². The molecule has 0 fully saturated rings. The zero-order chi connectivity index (χ0) is 22.8. The van der Waals surface area contributed by atoms with Crippen molar-refractivity contribution in [2.75, 3.05) is 6.54 Å². The van der Waals surface area contributed by atoms with Crippen LogP contribution in [0.3, 0.4) is 0 Å². The summed E-state index contributed by atoms with van der Waals surface area (Å²) in [5.74, 6) is -3.16. The van der Waals surface area contributed by atoms with Crippen molar-refractivity contribution >= 4 is 23.7 Å². The molecule has 0 aliphatic rings. The zero-order valence-corrected chi connectivity index (χ0v) is 17.8. The number of carbonyl (C=O) groups is 4. The molecule has 168 valence electrons. The zero-order valence-electron chi connectivity index (χ0n) is 17.8. The summed E-state index contributed by atoms with van der Waals surface area (Å²) in [7, 11) is 0. The van der Waals surface area contributed by atoms with Crippen LogP contribution in [-0.4, -0.2) is 63.4 Å². The van der Waals surface area contributed by atoms with Gasteiger partial charge in [0, 0.05) is 18.3 Å². The molecule has 1 rings (SSSR count). The van der Waals surface area contributed by atoms with Crippen molar-refractivity contribution in [3.63, 3.8) is 0 Å². The van der Waals surface area contributed by atoms with Crippen molar-refractivity contribution in [1.82, 2.24) is 25.9 Å². The van der Waals surface area contributed by atoms with E-state index in [0.717, 1.165) is 6.42 Å². The molecule has 11 heteroatoms. The molecule has 1 aromatic rings. The molecule has 3 amide bonds. The predicted molar refractivity (Wildman–Crippen MR) is 109 cm³/mol. The summed E-state index contributed by atoms with van der Waals surface area (Å²) in [6, 6.07) is -2.80. The van der Waals surface area contributed by atoms with Crippen LogP contribution < -0.4 is 21.7 Å². The Morgan fingerprint density at radius 2 is 1.83 bits per heavy atom. The third kappa shape index (κ3) is 7.82. The fraction of sp³-hybridized carbons (Fsp3) is 0.632. The molecule has 11 nitrogen and oxygen atoms in total. The van der Waals surface area contributed by atoms with Gasteiger partial charge in [0.15, 0.2) is 0 Å². The normalized spacial score (nSPS) is 15.0. The quantitative estimate of drug-likeness (QED) is 0.253. The van der Waals surface area contributed by atoms with E-state index in [0.29, 0.717) is 5.69 Å². The van der Waals surface area contributed by atoms with Crippen LogP contribution in [0.5, 0.6) is 0 Å². The number of aliphatic carboxylic acids is 1. The van der Waals surface area contributed by atoms with Crippen LogP contribution in [0.15, 0.2) is 12.5 Å². The van der Waals surface area contributed by atoms with Gasteiger partial charge in [0.05, 0.1) is 18.9 Å². The standard InChI is InChI=1S/C19H32N6O5/c1-5-11(4)15(20)17(27)25-16(10(2)3)18(28)22-8-14(26)24-13(19(29)30)6-12-7-21-9-23-12/h7,9-11,13,15-16H,5-6,8,20H2,1-4H3,(H,21,23)(H,22,28)(H,24,26)(H,25,27)(H,29,30). The van der Waals surface area contributed by atoms with Crippen molar-refractivity contribution in [2.24, 2.45) is 17.6 Å². The van der Waals surface area contributed by atoms with Crippen LogP contribution in [0.1, 0.15) is 39.8 Å². The number of aromatic amines is 1. The molecule has 0 aromatic carbocycles. The van der Waals surface area contributed by atoms with Gasteiger partial charge in [-0.3, -0.25) is 14.4 Å². The van der Waals surface area contributed by atoms with E-state index in [9.17, 15) is 24.3 Å². The number of H-pyrrole nitrogens is 1. The van der Waals surface area contributed by atoms with E-state index in [4.69, 9.17) is 5.73 Å². The van der Waals surface area contributed by atoms with Crippen LogP contribution in [-0.2, 0) is 25.6 Å². The van der Waals surface area contributed by atoms with Crippen molar-refractivity contribution < 1.29 is 24.3 Å². The van der Waals surface area contributed by atoms with Crippen LogP contribution in [0.4, 0.5) is 0 Å². The van der Waals surface area contributed by atoms with Gasteiger partial charge in [0.1, 0.15) is 12.1 Å². The molecule has 4 unspecified atom stereocenters. The lowest BCUT2D eigenvalue weighted by Gasteiger charge is -2.25. The van der Waals surface area contributed by atoms with Gasteiger partial charge in [0.25, 0.3) is 0 Å². The summed E-state index contributed by atoms with van der Waals surface area (Å²) in [5, 5.41) is 16.7. The SMILES string of the molecule is CCC(C)C(N)C(=O)NC(C(=O)NCC(=O)NC(Cc1cnc[nH]1)C(=O)O)C(C)C. The van der Waals surface area contributed by atoms with Crippen molar-refractivity contribution in [1.29, 1.82) is 0 Å². The maximum Gasteiger partial charge on any atom is 0.326 e. The Hall–Kier alpha value is -2.95. The van der Waals surface area contributed by atoms with Gasteiger partial charge in [-0.2, -0.15) is 0 Å². The molecule has 0 saturated carbocycles. The van der Waals surface area contributed by atoms with E-state index in [1.54, 1.807) is 13.8 Å². The average molecular weight is 425 g/mol. The minimum Gasteiger partial charge on any atom is -0.480 e. The molecule has 0 aliphatic heterocycles. The van der Waals surface area contributed by atoms with Gasteiger partial charge in [0.2, 0.25) is 17.7 Å². The number of carbonyl (C=O) groups excluding carboxylic acids is 3. The molecule has 1 aromatic heterocycles. The minimum atomic E-state index is -1.21. The van der Waals surface area contributed by atoms with E-state index < -0.39 is 48.4 Å². The third-order valence-electron chi connectivity index (χ3n) is 4.84. The largest absolute Gasteiger partial charge is 0.480 e. The Labute approximate surface area is 175 Å². The lowest BCUT2D eigenvalue weighted by Crippen LogP contribution is -2.56. The fourth-order valence-electron chi connectivity index (χ4n) is 2.64. The Morgan fingerprint density at radius 3 is 2.33 bits per heavy atom. The summed E-state index contributed by atoms with van der Waals surface area (Å²) in [4.78, 5) is 54.8. The molecule has 0 spiro atoms. The highest BCUT2D eigenvalue weighted by molar-refractivity contribution is 5.92.